The number of carbonyl (C=O) groups is 1. The molecule has 0 unspecified atom stereocenters. The molecular formula is C14H15Cl2NO2. The van der Waals surface area contributed by atoms with E-state index in [2.05, 4.69) is 0 Å². The molecule has 1 aromatic carbocycles. The van der Waals surface area contributed by atoms with Gasteiger partial charge in [0.05, 0.1) is 12.6 Å². The standard InChI is InChI=1S/C14H15Cl2NO2/c15-11-6-10(7-12(16)8-11)3-4-14(19)17-5-1-2-13(17)9-18/h3-4,6-8,13,18H,1-2,5,9H2/t13-/m1/s1. The van der Waals surface area contributed by atoms with Gasteiger partial charge in [0.1, 0.15) is 0 Å². The maximum atomic E-state index is 12.0. The van der Waals surface area contributed by atoms with Crippen molar-refractivity contribution < 1.29 is 9.90 Å². The van der Waals surface area contributed by atoms with E-state index >= 15 is 0 Å². The molecule has 0 aromatic heterocycles. The van der Waals surface area contributed by atoms with Crippen LogP contribution in [0.1, 0.15) is 18.4 Å². The molecule has 0 aliphatic carbocycles. The SMILES string of the molecule is O=C(C=Cc1cc(Cl)cc(Cl)c1)N1CCC[C@@H]1CO. The van der Waals surface area contributed by atoms with Crippen LogP contribution >= 0.6 is 23.2 Å². The van der Waals surface area contributed by atoms with Crippen molar-refractivity contribution in [2.24, 2.45) is 0 Å². The molecule has 1 aliphatic rings. The van der Waals surface area contributed by atoms with Crippen molar-refractivity contribution >= 4 is 35.2 Å². The summed E-state index contributed by atoms with van der Waals surface area (Å²) in [6.45, 7) is 0.716. The molecule has 0 spiro atoms. The molecule has 1 saturated heterocycles. The molecule has 0 saturated carbocycles. The molecular weight excluding hydrogens is 285 g/mol. The first-order valence-corrected chi connectivity index (χ1v) is 6.91. The summed E-state index contributed by atoms with van der Waals surface area (Å²) in [5.74, 6) is -0.0901. The van der Waals surface area contributed by atoms with Gasteiger partial charge in [-0.05, 0) is 42.7 Å². The van der Waals surface area contributed by atoms with Crippen LogP contribution in [-0.4, -0.2) is 35.1 Å². The zero-order valence-electron chi connectivity index (χ0n) is 10.4. The van der Waals surface area contributed by atoms with E-state index < -0.39 is 0 Å². The topological polar surface area (TPSA) is 40.5 Å². The third kappa shape index (κ3) is 3.72. The number of benzene rings is 1. The normalized spacial score (nSPS) is 19.3. The maximum absolute atomic E-state index is 12.0. The Labute approximate surface area is 122 Å². The van der Waals surface area contributed by atoms with Crippen LogP contribution in [0, 0.1) is 0 Å². The first-order chi connectivity index (χ1) is 9.10. The van der Waals surface area contributed by atoms with Gasteiger partial charge in [0.15, 0.2) is 0 Å². The Kier molecular flexibility index (Phi) is 4.86. The highest BCUT2D eigenvalue weighted by molar-refractivity contribution is 6.34. The van der Waals surface area contributed by atoms with E-state index in [9.17, 15) is 9.90 Å². The molecule has 5 heteroatoms. The van der Waals surface area contributed by atoms with Gasteiger partial charge in [0.2, 0.25) is 5.91 Å². The van der Waals surface area contributed by atoms with Crippen molar-refractivity contribution in [2.45, 2.75) is 18.9 Å². The molecule has 19 heavy (non-hydrogen) atoms. The number of nitrogens with zero attached hydrogens (tertiary/aromatic N) is 1. The molecule has 1 N–H and O–H groups in total. The summed E-state index contributed by atoms with van der Waals surface area (Å²) in [5.41, 5.74) is 0.783. The first-order valence-electron chi connectivity index (χ1n) is 6.16. The predicted octanol–water partition coefficient (Wildman–Crippen LogP) is 2.99. The first kappa shape index (κ1) is 14.4. The predicted molar refractivity (Wildman–Crippen MR) is 77.3 cm³/mol. The zero-order valence-corrected chi connectivity index (χ0v) is 11.9. The lowest BCUT2D eigenvalue weighted by atomic mass is 10.2. The van der Waals surface area contributed by atoms with E-state index in [0.29, 0.717) is 16.6 Å². The highest BCUT2D eigenvalue weighted by atomic mass is 35.5. The van der Waals surface area contributed by atoms with Crippen LogP contribution in [0.5, 0.6) is 0 Å². The van der Waals surface area contributed by atoms with Gasteiger partial charge in [0, 0.05) is 22.7 Å². The largest absolute Gasteiger partial charge is 0.394 e. The Hall–Kier alpha value is -1.03. The van der Waals surface area contributed by atoms with E-state index in [1.54, 1.807) is 29.2 Å². The summed E-state index contributed by atoms with van der Waals surface area (Å²) < 4.78 is 0. The highest BCUT2D eigenvalue weighted by Gasteiger charge is 2.26. The second-order valence-electron chi connectivity index (χ2n) is 4.55. The van der Waals surface area contributed by atoms with Gasteiger partial charge >= 0.3 is 0 Å². The quantitative estimate of drug-likeness (QED) is 0.872. The fourth-order valence-electron chi connectivity index (χ4n) is 2.25. The average molecular weight is 300 g/mol. The lowest BCUT2D eigenvalue weighted by molar-refractivity contribution is -0.127. The van der Waals surface area contributed by atoms with Crippen molar-refractivity contribution in [1.29, 1.82) is 0 Å². The van der Waals surface area contributed by atoms with Crippen LogP contribution in [0.2, 0.25) is 10.0 Å². The van der Waals surface area contributed by atoms with Crippen molar-refractivity contribution in [3.05, 3.63) is 39.9 Å². The van der Waals surface area contributed by atoms with E-state index in [-0.39, 0.29) is 18.6 Å². The second kappa shape index (κ2) is 6.42. The molecule has 0 bridgehead atoms. The lowest BCUT2D eigenvalue weighted by Crippen LogP contribution is -2.36. The molecule has 1 fully saturated rings. The number of carbonyl (C=O) groups excluding carboxylic acids is 1. The average Bonchev–Trinajstić information content (AvgIpc) is 2.83. The third-order valence-electron chi connectivity index (χ3n) is 3.17. The number of aliphatic hydroxyl groups excluding tert-OH is 1. The van der Waals surface area contributed by atoms with Gasteiger partial charge in [-0.25, -0.2) is 0 Å². The summed E-state index contributed by atoms with van der Waals surface area (Å²) in [6.07, 6.45) is 4.98. The minimum absolute atomic E-state index is 0.0164. The smallest absolute Gasteiger partial charge is 0.246 e. The number of halogens is 2. The summed E-state index contributed by atoms with van der Waals surface area (Å²) in [6, 6.07) is 5.07. The van der Waals surface area contributed by atoms with Crippen LogP contribution in [0.15, 0.2) is 24.3 Å². The van der Waals surface area contributed by atoms with Crippen LogP contribution in [0.4, 0.5) is 0 Å². The van der Waals surface area contributed by atoms with E-state index in [0.717, 1.165) is 18.4 Å². The number of amides is 1. The van der Waals surface area contributed by atoms with E-state index in [1.165, 1.54) is 6.08 Å². The van der Waals surface area contributed by atoms with Gasteiger partial charge in [0.25, 0.3) is 0 Å². The monoisotopic (exact) mass is 299 g/mol. The molecule has 1 amide bonds. The van der Waals surface area contributed by atoms with Gasteiger partial charge < -0.3 is 10.0 Å². The number of hydrogen-bond acceptors (Lipinski definition) is 2. The van der Waals surface area contributed by atoms with Crippen molar-refractivity contribution in [2.75, 3.05) is 13.2 Å². The summed E-state index contributed by atoms with van der Waals surface area (Å²) in [7, 11) is 0. The summed E-state index contributed by atoms with van der Waals surface area (Å²) in [4.78, 5) is 13.7. The number of rotatable bonds is 3. The van der Waals surface area contributed by atoms with Crippen LogP contribution in [0.25, 0.3) is 6.08 Å². The summed E-state index contributed by atoms with van der Waals surface area (Å²) in [5, 5.41) is 10.3. The zero-order chi connectivity index (χ0) is 13.8. The minimum atomic E-state index is -0.0901. The van der Waals surface area contributed by atoms with Crippen LogP contribution in [-0.2, 0) is 4.79 Å². The number of likely N-dealkylation sites (tertiary alicyclic amines) is 1. The Morgan fingerprint density at radius 2 is 2.05 bits per heavy atom. The van der Waals surface area contributed by atoms with Gasteiger partial charge in [-0.3, -0.25) is 4.79 Å². The Balaban J connectivity index is 2.07. The van der Waals surface area contributed by atoms with Crippen LogP contribution in [0.3, 0.4) is 0 Å². The van der Waals surface area contributed by atoms with Crippen molar-refractivity contribution in [1.82, 2.24) is 4.90 Å². The molecule has 0 radical (unpaired) electrons. The molecule has 102 valence electrons. The minimum Gasteiger partial charge on any atom is -0.394 e. The number of hydrogen-bond donors (Lipinski definition) is 1. The van der Waals surface area contributed by atoms with Crippen LogP contribution < -0.4 is 0 Å². The molecule has 1 atom stereocenters. The number of aliphatic hydroxyl groups is 1. The fraction of sp³-hybridized carbons (Fsp3) is 0.357. The Morgan fingerprint density at radius 1 is 1.37 bits per heavy atom. The molecule has 1 aliphatic heterocycles. The van der Waals surface area contributed by atoms with E-state index in [1.807, 2.05) is 0 Å². The molecule has 3 nitrogen and oxygen atoms in total. The Bertz CT molecular complexity index is 482. The lowest BCUT2D eigenvalue weighted by Gasteiger charge is -2.21. The third-order valence-corrected chi connectivity index (χ3v) is 3.61. The second-order valence-corrected chi connectivity index (χ2v) is 5.42. The van der Waals surface area contributed by atoms with Crippen molar-refractivity contribution in [3.8, 4) is 0 Å². The van der Waals surface area contributed by atoms with Gasteiger partial charge in [-0.15, -0.1) is 0 Å². The maximum Gasteiger partial charge on any atom is 0.246 e. The molecule has 1 heterocycles. The summed E-state index contributed by atoms with van der Waals surface area (Å²) >= 11 is 11.8. The molecule has 2 rings (SSSR count). The van der Waals surface area contributed by atoms with E-state index in [4.69, 9.17) is 23.2 Å². The molecule has 1 aromatic rings. The Morgan fingerprint density at radius 3 is 2.68 bits per heavy atom. The van der Waals surface area contributed by atoms with Gasteiger partial charge in [-0.1, -0.05) is 23.2 Å². The van der Waals surface area contributed by atoms with Crippen molar-refractivity contribution in [3.63, 3.8) is 0 Å². The highest BCUT2D eigenvalue weighted by Crippen LogP contribution is 2.21. The van der Waals surface area contributed by atoms with Gasteiger partial charge in [-0.2, -0.15) is 0 Å². The fourth-order valence-corrected chi connectivity index (χ4v) is 2.79.